The van der Waals surface area contributed by atoms with Gasteiger partial charge in [0.25, 0.3) is 5.22 Å². The molecule has 1 aliphatic rings. The van der Waals surface area contributed by atoms with Crippen molar-refractivity contribution in [3.05, 3.63) is 12.5 Å². The minimum atomic E-state index is 0.583. The first kappa shape index (κ1) is 13.0. The molecule has 17 heavy (non-hydrogen) atoms. The smallest absolute Gasteiger partial charge is 0.255 e. The van der Waals surface area contributed by atoms with E-state index in [1.807, 2.05) is 0 Å². The van der Waals surface area contributed by atoms with Gasteiger partial charge >= 0.3 is 0 Å². The second-order valence-electron chi connectivity index (χ2n) is 5.17. The zero-order valence-corrected chi connectivity index (χ0v) is 11.7. The van der Waals surface area contributed by atoms with Crippen molar-refractivity contribution in [3.8, 4) is 0 Å². The molecule has 0 saturated heterocycles. The van der Waals surface area contributed by atoms with E-state index >= 15 is 0 Å². The maximum Gasteiger partial charge on any atom is 0.255 e. The molecule has 0 spiro atoms. The molecule has 0 radical (unpaired) electrons. The lowest BCUT2D eigenvalue weighted by Crippen LogP contribution is -2.41. The van der Waals surface area contributed by atoms with Gasteiger partial charge in [0.2, 0.25) is 0 Å². The Kier molecular flexibility index (Phi) is 4.51. The lowest BCUT2D eigenvalue weighted by Gasteiger charge is -2.36. The molecular weight excluding hydrogens is 232 g/mol. The van der Waals surface area contributed by atoms with Crippen molar-refractivity contribution in [1.82, 2.24) is 10.3 Å². The van der Waals surface area contributed by atoms with Gasteiger partial charge in [-0.2, -0.15) is 0 Å². The fourth-order valence-electron chi connectivity index (χ4n) is 2.62. The summed E-state index contributed by atoms with van der Waals surface area (Å²) in [5, 5.41) is 4.82. The van der Waals surface area contributed by atoms with Gasteiger partial charge in [-0.25, -0.2) is 4.98 Å². The molecule has 1 heterocycles. The van der Waals surface area contributed by atoms with Gasteiger partial charge in [0.15, 0.2) is 0 Å². The molecule has 0 aliphatic heterocycles. The lowest BCUT2D eigenvalue weighted by molar-refractivity contribution is 0.250. The molecule has 1 saturated carbocycles. The van der Waals surface area contributed by atoms with Crippen LogP contribution in [0, 0.1) is 11.8 Å². The van der Waals surface area contributed by atoms with Crippen LogP contribution >= 0.6 is 11.8 Å². The fourth-order valence-corrected chi connectivity index (χ4v) is 3.90. The predicted octanol–water partition coefficient (Wildman–Crippen LogP) is 3.18. The van der Waals surface area contributed by atoms with Crippen LogP contribution in [-0.4, -0.2) is 23.3 Å². The number of nitrogens with zero attached hydrogens (tertiary/aromatic N) is 1. The molecule has 0 aromatic carbocycles. The Balaban J connectivity index is 1.99. The first-order chi connectivity index (χ1) is 8.20. The highest BCUT2D eigenvalue weighted by molar-refractivity contribution is 7.99. The molecule has 1 aliphatic carbocycles. The predicted molar refractivity (Wildman–Crippen MR) is 71.2 cm³/mol. The zero-order valence-electron chi connectivity index (χ0n) is 10.8. The highest BCUT2D eigenvalue weighted by atomic mass is 32.2. The summed E-state index contributed by atoms with van der Waals surface area (Å²) >= 11 is 1.78. The van der Waals surface area contributed by atoms with E-state index in [1.54, 1.807) is 24.2 Å². The number of nitrogens with one attached hydrogen (secondary N) is 1. The van der Waals surface area contributed by atoms with E-state index < -0.39 is 0 Å². The van der Waals surface area contributed by atoms with E-state index in [4.69, 9.17) is 4.42 Å². The molecule has 3 unspecified atom stereocenters. The molecule has 3 nitrogen and oxygen atoms in total. The lowest BCUT2D eigenvalue weighted by atomic mass is 9.79. The van der Waals surface area contributed by atoms with Crippen LogP contribution < -0.4 is 5.32 Å². The molecule has 96 valence electrons. The van der Waals surface area contributed by atoms with Crippen molar-refractivity contribution < 1.29 is 4.42 Å². The zero-order chi connectivity index (χ0) is 12.3. The first-order valence-electron chi connectivity index (χ1n) is 6.44. The summed E-state index contributed by atoms with van der Waals surface area (Å²) in [5.41, 5.74) is 0. The Morgan fingerprint density at radius 1 is 1.47 bits per heavy atom. The van der Waals surface area contributed by atoms with E-state index in [0.717, 1.165) is 17.1 Å². The maximum atomic E-state index is 5.35. The molecule has 0 amide bonds. The van der Waals surface area contributed by atoms with Crippen LogP contribution in [0.2, 0.25) is 0 Å². The number of oxazole rings is 1. The van der Waals surface area contributed by atoms with E-state index in [0.29, 0.717) is 11.3 Å². The van der Waals surface area contributed by atoms with Crippen molar-refractivity contribution in [3.63, 3.8) is 0 Å². The van der Waals surface area contributed by atoms with E-state index in [9.17, 15) is 0 Å². The molecule has 0 bridgehead atoms. The van der Waals surface area contributed by atoms with Gasteiger partial charge in [0.1, 0.15) is 6.26 Å². The summed E-state index contributed by atoms with van der Waals surface area (Å²) in [6, 6.07) is 0.585. The van der Waals surface area contributed by atoms with Crippen LogP contribution in [0.15, 0.2) is 22.1 Å². The molecule has 1 aromatic heterocycles. The summed E-state index contributed by atoms with van der Waals surface area (Å²) in [5.74, 6) is 1.62. The molecule has 1 aromatic rings. The van der Waals surface area contributed by atoms with Crippen LogP contribution in [-0.2, 0) is 0 Å². The Hall–Kier alpha value is -0.480. The number of thioether (sulfide) groups is 1. The van der Waals surface area contributed by atoms with Crippen molar-refractivity contribution in [2.24, 2.45) is 11.8 Å². The van der Waals surface area contributed by atoms with Crippen LogP contribution in [0.5, 0.6) is 0 Å². The van der Waals surface area contributed by atoms with Crippen molar-refractivity contribution in [2.45, 2.75) is 49.6 Å². The van der Waals surface area contributed by atoms with Crippen molar-refractivity contribution in [2.75, 3.05) is 7.05 Å². The SMILES string of the molecule is CNC1CCC(C(C)C)CC1Sc1ncco1. The van der Waals surface area contributed by atoms with Crippen LogP contribution in [0.1, 0.15) is 33.1 Å². The van der Waals surface area contributed by atoms with E-state index in [2.05, 4.69) is 31.2 Å². The van der Waals surface area contributed by atoms with Crippen LogP contribution in [0.4, 0.5) is 0 Å². The van der Waals surface area contributed by atoms with Gasteiger partial charge in [-0.15, -0.1) is 0 Å². The third-order valence-electron chi connectivity index (χ3n) is 3.81. The molecule has 2 rings (SSSR count). The van der Waals surface area contributed by atoms with Gasteiger partial charge < -0.3 is 9.73 Å². The Morgan fingerprint density at radius 3 is 2.88 bits per heavy atom. The monoisotopic (exact) mass is 254 g/mol. The van der Waals surface area contributed by atoms with Crippen molar-refractivity contribution >= 4 is 11.8 Å². The van der Waals surface area contributed by atoms with Crippen LogP contribution in [0.25, 0.3) is 0 Å². The normalized spacial score (nSPS) is 29.8. The molecule has 1 N–H and O–H groups in total. The third-order valence-corrected chi connectivity index (χ3v) is 5.03. The molecule has 3 atom stereocenters. The van der Waals surface area contributed by atoms with Gasteiger partial charge in [-0.1, -0.05) is 25.6 Å². The number of rotatable bonds is 4. The maximum absolute atomic E-state index is 5.35. The second kappa shape index (κ2) is 5.91. The Labute approximate surface area is 108 Å². The Morgan fingerprint density at radius 2 is 2.29 bits per heavy atom. The summed E-state index contributed by atoms with van der Waals surface area (Å²) < 4.78 is 5.35. The van der Waals surface area contributed by atoms with Crippen molar-refractivity contribution in [1.29, 1.82) is 0 Å². The van der Waals surface area contributed by atoms with Gasteiger partial charge in [0.05, 0.1) is 6.20 Å². The molecule has 1 fully saturated rings. The number of hydrogen-bond acceptors (Lipinski definition) is 4. The fraction of sp³-hybridized carbons (Fsp3) is 0.769. The minimum absolute atomic E-state index is 0.583. The highest BCUT2D eigenvalue weighted by Gasteiger charge is 2.32. The average Bonchev–Trinajstić information content (AvgIpc) is 2.81. The summed E-state index contributed by atoms with van der Waals surface area (Å²) in [6.07, 6.45) is 7.23. The van der Waals surface area contributed by atoms with E-state index in [1.165, 1.54) is 19.3 Å². The summed E-state index contributed by atoms with van der Waals surface area (Å²) in [7, 11) is 2.06. The average molecular weight is 254 g/mol. The molecule has 4 heteroatoms. The number of aromatic nitrogens is 1. The van der Waals surface area contributed by atoms with Gasteiger partial charge in [-0.05, 0) is 38.1 Å². The first-order valence-corrected chi connectivity index (χ1v) is 7.32. The summed E-state index contributed by atoms with van der Waals surface area (Å²) in [6.45, 7) is 4.66. The van der Waals surface area contributed by atoms with Gasteiger partial charge in [-0.3, -0.25) is 0 Å². The van der Waals surface area contributed by atoms with Crippen LogP contribution in [0.3, 0.4) is 0 Å². The summed E-state index contributed by atoms with van der Waals surface area (Å²) in [4.78, 5) is 4.22. The standard InChI is InChI=1S/C13H22N2OS/c1-9(2)10-4-5-11(14-3)12(8-10)17-13-15-6-7-16-13/h6-7,9-12,14H,4-5,8H2,1-3H3. The second-order valence-corrected chi connectivity index (χ2v) is 6.36. The largest absolute Gasteiger partial charge is 0.440 e. The topological polar surface area (TPSA) is 38.1 Å². The van der Waals surface area contributed by atoms with Gasteiger partial charge in [0, 0.05) is 11.3 Å². The van der Waals surface area contributed by atoms with E-state index in [-0.39, 0.29) is 0 Å². The minimum Gasteiger partial charge on any atom is -0.440 e. The third kappa shape index (κ3) is 3.26. The molecular formula is C13H22N2OS. The Bertz CT molecular complexity index is 326. The highest BCUT2D eigenvalue weighted by Crippen LogP contribution is 2.38. The quantitative estimate of drug-likeness (QED) is 0.895. The number of hydrogen-bond donors (Lipinski definition) is 1.